The van der Waals surface area contributed by atoms with Gasteiger partial charge in [0, 0.05) is 23.9 Å². The predicted molar refractivity (Wildman–Crippen MR) is 129 cm³/mol. The molecule has 5 rings (SSSR count). The van der Waals surface area contributed by atoms with Gasteiger partial charge in [-0.1, -0.05) is 34.3 Å². The SMILES string of the molecule is CSc1cc2sc(C=C3Oc4ccc(Cl)cc4[N+]34CCCC4S(=O)(=O)[O-])[n+](CC(=O)O)c2s1. The maximum absolute atomic E-state index is 12.3. The molecule has 4 heterocycles. The Kier molecular flexibility index (Phi) is 5.75. The summed E-state index contributed by atoms with van der Waals surface area (Å²) in [7, 11) is -4.67. The second-order valence-corrected chi connectivity index (χ2v) is 12.9. The molecule has 1 N–H and O–H groups in total. The van der Waals surface area contributed by atoms with Gasteiger partial charge in [0.1, 0.15) is 10.8 Å². The van der Waals surface area contributed by atoms with Crippen LogP contribution in [0.5, 0.6) is 5.75 Å². The van der Waals surface area contributed by atoms with Crippen LogP contribution in [0, 0.1) is 0 Å². The molecule has 1 aromatic carbocycles. The third-order valence-electron chi connectivity index (χ3n) is 5.87. The molecule has 0 bridgehead atoms. The predicted octanol–water partition coefficient (Wildman–Crippen LogP) is 4.07. The van der Waals surface area contributed by atoms with E-state index in [2.05, 4.69) is 0 Å². The van der Waals surface area contributed by atoms with Crippen molar-refractivity contribution >= 4 is 83.4 Å². The summed E-state index contributed by atoms with van der Waals surface area (Å²) < 4.78 is 46.4. The van der Waals surface area contributed by atoms with Crippen molar-refractivity contribution in [2.75, 3.05) is 12.8 Å². The molecule has 0 aliphatic carbocycles. The Bertz CT molecular complexity index is 1430. The highest BCUT2D eigenvalue weighted by atomic mass is 35.5. The number of thiophene rings is 1. The molecule has 0 amide bonds. The van der Waals surface area contributed by atoms with Gasteiger partial charge < -0.3 is 14.4 Å². The highest BCUT2D eigenvalue weighted by molar-refractivity contribution is 8.00. The van der Waals surface area contributed by atoms with E-state index >= 15 is 0 Å². The first-order valence-corrected chi connectivity index (χ1v) is 14.6. The van der Waals surface area contributed by atoms with Crippen molar-refractivity contribution in [2.24, 2.45) is 0 Å². The number of aliphatic carboxylic acids is 1. The minimum atomic E-state index is -4.67. The van der Waals surface area contributed by atoms with Crippen LogP contribution in [-0.4, -0.2) is 42.2 Å². The number of nitrogens with zero attached hydrogens (tertiary/aromatic N) is 2. The molecular formula is C20H18ClN2O6S4+. The second kappa shape index (κ2) is 8.22. The molecule has 0 saturated carbocycles. The number of benzene rings is 1. The van der Waals surface area contributed by atoms with Gasteiger partial charge in [0.15, 0.2) is 26.9 Å². The summed E-state index contributed by atoms with van der Waals surface area (Å²) in [5.41, 5.74) is 0.531. The van der Waals surface area contributed by atoms with Gasteiger partial charge in [0.2, 0.25) is 6.54 Å². The van der Waals surface area contributed by atoms with Crippen LogP contribution in [0.1, 0.15) is 17.8 Å². The lowest BCUT2D eigenvalue weighted by molar-refractivity contribution is -0.655. The van der Waals surface area contributed by atoms with E-state index in [0.29, 0.717) is 34.4 Å². The zero-order valence-electron chi connectivity index (χ0n) is 17.2. The number of fused-ring (bicyclic) bond motifs is 3. The molecule has 33 heavy (non-hydrogen) atoms. The van der Waals surface area contributed by atoms with Crippen LogP contribution < -0.4 is 13.8 Å². The lowest BCUT2D eigenvalue weighted by Crippen LogP contribution is -2.54. The van der Waals surface area contributed by atoms with Gasteiger partial charge in [-0.25, -0.2) is 17.7 Å². The van der Waals surface area contributed by atoms with Crippen molar-refractivity contribution in [1.82, 2.24) is 4.48 Å². The van der Waals surface area contributed by atoms with Crippen LogP contribution in [0.3, 0.4) is 0 Å². The molecule has 2 aliphatic rings. The highest BCUT2D eigenvalue weighted by Crippen LogP contribution is 2.52. The first-order chi connectivity index (χ1) is 15.6. The normalized spacial score (nSPS) is 23.5. The fraction of sp³-hybridized carbons (Fsp3) is 0.300. The maximum atomic E-state index is 12.3. The number of rotatable bonds is 5. The Labute approximate surface area is 207 Å². The van der Waals surface area contributed by atoms with E-state index in [0.717, 1.165) is 13.7 Å². The van der Waals surface area contributed by atoms with E-state index in [1.54, 1.807) is 40.6 Å². The summed E-state index contributed by atoms with van der Waals surface area (Å²) in [5.74, 6) is -0.271. The first kappa shape index (κ1) is 23.1. The quantitative estimate of drug-likeness (QED) is 0.223. The summed E-state index contributed by atoms with van der Waals surface area (Å²) in [4.78, 5) is 12.4. The fourth-order valence-electron chi connectivity index (χ4n) is 4.59. The zero-order valence-corrected chi connectivity index (χ0v) is 21.2. The molecular weight excluding hydrogens is 528 g/mol. The number of ether oxygens (including phenoxy) is 1. The summed E-state index contributed by atoms with van der Waals surface area (Å²) >= 11 is 10.7. The Hall–Kier alpha value is -1.67. The number of carboxylic acids is 1. The number of halogens is 1. The van der Waals surface area contributed by atoms with Crippen LogP contribution in [0.15, 0.2) is 34.4 Å². The number of thiazole rings is 1. The van der Waals surface area contributed by atoms with E-state index in [9.17, 15) is 22.9 Å². The van der Waals surface area contributed by atoms with Crippen molar-refractivity contribution in [3.05, 3.63) is 40.2 Å². The second-order valence-electron chi connectivity index (χ2n) is 7.74. The van der Waals surface area contributed by atoms with Crippen LogP contribution in [0.25, 0.3) is 15.6 Å². The van der Waals surface area contributed by atoms with Crippen LogP contribution in [-0.2, 0) is 21.5 Å². The van der Waals surface area contributed by atoms with Crippen molar-refractivity contribution in [2.45, 2.75) is 29.0 Å². The Balaban J connectivity index is 1.73. The van der Waals surface area contributed by atoms with Crippen molar-refractivity contribution < 1.29 is 32.2 Å². The lowest BCUT2D eigenvalue weighted by Gasteiger charge is -2.34. The average molecular weight is 546 g/mol. The number of hydrogen-bond donors (Lipinski definition) is 1. The number of quaternary nitrogens is 1. The molecule has 2 aliphatic heterocycles. The molecule has 3 aromatic rings. The van der Waals surface area contributed by atoms with E-state index in [1.165, 1.54) is 22.7 Å². The average Bonchev–Trinajstić information content (AvgIpc) is 3.47. The fourth-order valence-corrected chi connectivity index (χ4v) is 9.06. The largest absolute Gasteiger partial charge is 0.743 e. The summed E-state index contributed by atoms with van der Waals surface area (Å²) in [6.07, 6.45) is 4.35. The van der Waals surface area contributed by atoms with Crippen LogP contribution >= 0.6 is 46.0 Å². The van der Waals surface area contributed by atoms with Crippen LogP contribution in [0.4, 0.5) is 5.69 Å². The molecule has 0 radical (unpaired) electrons. The number of hydrogen-bond acceptors (Lipinski definition) is 8. The van der Waals surface area contributed by atoms with Gasteiger partial charge in [-0.05, 0) is 24.5 Å². The molecule has 2 atom stereocenters. The lowest BCUT2D eigenvalue weighted by atomic mass is 10.2. The number of carbonyl (C=O) groups is 1. The van der Waals surface area contributed by atoms with Crippen LogP contribution in [0.2, 0.25) is 5.02 Å². The smallest absolute Gasteiger partial charge is 0.370 e. The van der Waals surface area contributed by atoms with Gasteiger partial charge in [-0.3, -0.25) is 0 Å². The molecule has 1 spiro atoms. The van der Waals surface area contributed by atoms with E-state index in [4.69, 9.17) is 16.3 Å². The molecule has 174 valence electrons. The molecule has 1 saturated heterocycles. The number of carboxylic acid groups (broad SMARTS) is 1. The van der Waals surface area contributed by atoms with E-state index in [1.807, 2.05) is 12.3 Å². The standard InChI is InChI=1S/C20H17ClN2O6S4/c1-30-19-8-14-20(32-19)22(10-18(24)25)15(31-14)9-16-23(6-2-3-17(23)33(26,27)28)12-7-11(21)4-5-13(12)29-16/h4-5,7-9,17H,2-3,6,10H2,1H3/p+1. The highest BCUT2D eigenvalue weighted by Gasteiger charge is 2.57. The summed E-state index contributed by atoms with van der Waals surface area (Å²) in [5, 5.41) is 9.28. The minimum Gasteiger partial charge on any atom is -0.743 e. The van der Waals surface area contributed by atoms with Gasteiger partial charge in [-0.15, -0.1) is 11.8 Å². The van der Waals surface area contributed by atoms with Gasteiger partial charge in [-0.2, -0.15) is 4.57 Å². The van der Waals surface area contributed by atoms with Gasteiger partial charge in [0.25, 0.3) is 9.84 Å². The van der Waals surface area contributed by atoms with Gasteiger partial charge in [0.05, 0.1) is 10.8 Å². The van der Waals surface area contributed by atoms with Crippen molar-refractivity contribution in [1.29, 1.82) is 0 Å². The van der Waals surface area contributed by atoms with Crippen molar-refractivity contribution in [3.63, 3.8) is 0 Å². The Morgan fingerprint density at radius 2 is 2.21 bits per heavy atom. The first-order valence-electron chi connectivity index (χ1n) is 9.88. The zero-order chi connectivity index (χ0) is 23.5. The molecule has 13 heteroatoms. The molecule has 8 nitrogen and oxygen atoms in total. The molecule has 2 aromatic heterocycles. The number of thioether (sulfide) groups is 1. The minimum absolute atomic E-state index is 0.199. The summed E-state index contributed by atoms with van der Waals surface area (Å²) in [6.45, 7) is 0.107. The number of aromatic nitrogens is 1. The molecule has 1 fully saturated rings. The molecule has 2 unspecified atom stereocenters. The Morgan fingerprint density at radius 1 is 1.42 bits per heavy atom. The third kappa shape index (κ3) is 3.77. The third-order valence-corrected chi connectivity index (χ3v) is 10.8. The van der Waals surface area contributed by atoms with Gasteiger partial charge >= 0.3 is 11.9 Å². The maximum Gasteiger partial charge on any atom is 0.370 e. The van der Waals surface area contributed by atoms with Crippen molar-refractivity contribution in [3.8, 4) is 5.75 Å². The summed E-state index contributed by atoms with van der Waals surface area (Å²) in [6, 6.07) is 6.95. The van der Waals surface area contributed by atoms with E-state index < -0.39 is 21.5 Å². The van der Waals surface area contributed by atoms with E-state index in [-0.39, 0.29) is 23.3 Å². The monoisotopic (exact) mass is 545 g/mol. The topological polar surface area (TPSA) is 108 Å². The Morgan fingerprint density at radius 3 is 2.91 bits per heavy atom.